The fraction of sp³-hybridized carbons (Fsp3) is 0.0714. The van der Waals surface area contributed by atoms with Crippen LogP contribution in [0.25, 0.3) is 0 Å². The molecule has 0 aliphatic heterocycles. The highest BCUT2D eigenvalue weighted by Crippen LogP contribution is 2.28. The summed E-state index contributed by atoms with van der Waals surface area (Å²) in [6, 6.07) is 15.3. The molecule has 0 spiro atoms. The van der Waals surface area contributed by atoms with Crippen molar-refractivity contribution in [1.82, 2.24) is 0 Å². The molecule has 0 aliphatic rings. The predicted molar refractivity (Wildman–Crippen MR) is 71.4 cm³/mol. The normalized spacial score (nSPS) is 9.00. The van der Waals surface area contributed by atoms with Crippen molar-refractivity contribution in [2.75, 3.05) is 0 Å². The molecule has 0 fully saturated rings. The summed E-state index contributed by atoms with van der Waals surface area (Å²) in [7, 11) is 0. The molecule has 0 atom stereocenters. The van der Waals surface area contributed by atoms with Crippen molar-refractivity contribution < 1.29 is 14.6 Å². The number of benzene rings is 2. The maximum Gasteiger partial charge on any atom is 0.290 e. The second-order valence-electron chi connectivity index (χ2n) is 3.45. The van der Waals surface area contributed by atoms with E-state index in [1.165, 1.54) is 5.56 Å². The van der Waals surface area contributed by atoms with Crippen LogP contribution in [0.2, 0.25) is 5.02 Å². The minimum atomic E-state index is -0.250. The van der Waals surface area contributed by atoms with Gasteiger partial charge < -0.3 is 9.84 Å². The molecular weight excluding hydrogens is 252 g/mol. The Balaban J connectivity index is 0.000000492. The number of rotatable bonds is 2. The third-order valence-electron chi connectivity index (χ3n) is 2.09. The third kappa shape index (κ3) is 4.47. The van der Waals surface area contributed by atoms with Gasteiger partial charge in [0.05, 0.1) is 5.02 Å². The van der Waals surface area contributed by atoms with Crippen molar-refractivity contribution in [3.05, 3.63) is 59.1 Å². The zero-order chi connectivity index (χ0) is 13.4. The van der Waals surface area contributed by atoms with Gasteiger partial charge in [-0.05, 0) is 31.2 Å². The van der Waals surface area contributed by atoms with Crippen LogP contribution in [0.1, 0.15) is 5.56 Å². The van der Waals surface area contributed by atoms with Crippen molar-refractivity contribution in [1.29, 1.82) is 0 Å². The first-order valence-electron chi connectivity index (χ1n) is 5.24. The molecule has 0 unspecified atom stereocenters. The van der Waals surface area contributed by atoms with E-state index in [2.05, 4.69) is 0 Å². The van der Waals surface area contributed by atoms with E-state index in [0.29, 0.717) is 10.8 Å². The van der Waals surface area contributed by atoms with Crippen LogP contribution < -0.4 is 4.74 Å². The maximum atomic E-state index is 8.36. The summed E-state index contributed by atoms with van der Waals surface area (Å²) in [5.41, 5.74) is 1.21. The van der Waals surface area contributed by atoms with E-state index in [0.717, 1.165) is 5.75 Å². The largest absolute Gasteiger partial charge is 0.483 e. The van der Waals surface area contributed by atoms with Crippen LogP contribution in [0.15, 0.2) is 48.5 Å². The molecule has 2 rings (SSSR count). The average Bonchev–Trinajstić information content (AvgIpc) is 2.36. The molecule has 2 aromatic carbocycles. The molecule has 1 N–H and O–H groups in total. The molecule has 0 saturated heterocycles. The summed E-state index contributed by atoms with van der Waals surface area (Å²) >= 11 is 5.98. The standard InChI is InChI=1S/C13H11ClO.CH2O2/c1-10-6-8-11(9-7-10)15-13-5-3-2-4-12(13)14;2-1-3/h2-9H,1H3;1H,(H,2,3). The second kappa shape index (κ2) is 7.35. The first-order chi connectivity index (χ1) is 8.67. The van der Waals surface area contributed by atoms with Gasteiger partial charge in [-0.2, -0.15) is 0 Å². The van der Waals surface area contributed by atoms with Gasteiger partial charge in [-0.3, -0.25) is 4.79 Å². The van der Waals surface area contributed by atoms with Gasteiger partial charge in [-0.25, -0.2) is 0 Å². The molecule has 0 heterocycles. The van der Waals surface area contributed by atoms with Gasteiger partial charge in [0.15, 0.2) is 0 Å². The monoisotopic (exact) mass is 264 g/mol. The fourth-order valence-corrected chi connectivity index (χ4v) is 1.44. The minimum Gasteiger partial charge on any atom is -0.483 e. The van der Waals surface area contributed by atoms with Gasteiger partial charge in [-0.15, -0.1) is 0 Å². The molecule has 4 heteroatoms. The Morgan fingerprint density at radius 3 is 2.22 bits per heavy atom. The molecule has 0 bridgehead atoms. The number of carbonyl (C=O) groups is 1. The molecule has 3 nitrogen and oxygen atoms in total. The molecule has 0 aliphatic carbocycles. The van der Waals surface area contributed by atoms with Crippen molar-refractivity contribution in [2.24, 2.45) is 0 Å². The van der Waals surface area contributed by atoms with E-state index >= 15 is 0 Å². The van der Waals surface area contributed by atoms with Crippen LogP contribution in [0.5, 0.6) is 11.5 Å². The van der Waals surface area contributed by atoms with E-state index in [4.69, 9.17) is 26.2 Å². The van der Waals surface area contributed by atoms with Crippen molar-refractivity contribution in [2.45, 2.75) is 6.92 Å². The Morgan fingerprint density at radius 2 is 1.67 bits per heavy atom. The third-order valence-corrected chi connectivity index (χ3v) is 2.40. The molecule has 0 saturated carbocycles. The number of halogens is 1. The highest BCUT2D eigenvalue weighted by molar-refractivity contribution is 6.32. The van der Waals surface area contributed by atoms with Crippen molar-refractivity contribution in [3.63, 3.8) is 0 Å². The quantitative estimate of drug-likeness (QED) is 0.829. The topological polar surface area (TPSA) is 46.5 Å². The van der Waals surface area contributed by atoms with E-state index in [-0.39, 0.29) is 6.47 Å². The predicted octanol–water partition coefficient (Wildman–Crippen LogP) is 4.14. The Labute approximate surface area is 111 Å². The zero-order valence-electron chi connectivity index (χ0n) is 9.84. The van der Waals surface area contributed by atoms with Gasteiger partial charge in [0.25, 0.3) is 6.47 Å². The first-order valence-corrected chi connectivity index (χ1v) is 5.62. The zero-order valence-corrected chi connectivity index (χ0v) is 10.6. The van der Waals surface area contributed by atoms with Gasteiger partial charge in [0, 0.05) is 0 Å². The summed E-state index contributed by atoms with van der Waals surface area (Å²) in [6.07, 6.45) is 0. The Kier molecular flexibility index (Phi) is 5.74. The summed E-state index contributed by atoms with van der Waals surface area (Å²) in [5.74, 6) is 1.48. The number of hydrogen-bond acceptors (Lipinski definition) is 2. The van der Waals surface area contributed by atoms with E-state index in [1.54, 1.807) is 0 Å². The summed E-state index contributed by atoms with van der Waals surface area (Å²) in [4.78, 5) is 8.36. The maximum absolute atomic E-state index is 8.36. The molecule has 0 amide bonds. The Bertz CT molecular complexity index is 495. The number of aryl methyl sites for hydroxylation is 1. The van der Waals surface area contributed by atoms with Gasteiger partial charge in [0.2, 0.25) is 0 Å². The molecule has 18 heavy (non-hydrogen) atoms. The number of para-hydroxylation sites is 1. The molecular formula is C14H13ClO3. The summed E-state index contributed by atoms with van der Waals surface area (Å²) in [5, 5.41) is 7.51. The first kappa shape index (κ1) is 14.1. The Morgan fingerprint density at radius 1 is 1.11 bits per heavy atom. The lowest BCUT2D eigenvalue weighted by Crippen LogP contribution is -1.84. The number of hydrogen-bond donors (Lipinski definition) is 1. The molecule has 94 valence electrons. The van der Waals surface area contributed by atoms with Crippen molar-refractivity contribution >= 4 is 18.1 Å². The van der Waals surface area contributed by atoms with Gasteiger partial charge in [0.1, 0.15) is 11.5 Å². The lowest BCUT2D eigenvalue weighted by molar-refractivity contribution is -0.122. The minimum absolute atomic E-state index is 0.250. The number of ether oxygens (including phenoxy) is 1. The van der Waals surface area contributed by atoms with Crippen LogP contribution in [-0.4, -0.2) is 11.6 Å². The van der Waals surface area contributed by atoms with Gasteiger partial charge in [-0.1, -0.05) is 41.4 Å². The fourth-order valence-electron chi connectivity index (χ4n) is 1.26. The van der Waals surface area contributed by atoms with Crippen molar-refractivity contribution in [3.8, 4) is 11.5 Å². The smallest absolute Gasteiger partial charge is 0.290 e. The molecule has 2 aromatic rings. The second-order valence-corrected chi connectivity index (χ2v) is 3.86. The summed E-state index contributed by atoms with van der Waals surface area (Å²) in [6.45, 7) is 1.79. The molecule has 0 radical (unpaired) electrons. The average molecular weight is 265 g/mol. The lowest BCUT2D eigenvalue weighted by Gasteiger charge is -2.06. The van der Waals surface area contributed by atoms with Crippen LogP contribution in [-0.2, 0) is 4.79 Å². The highest BCUT2D eigenvalue weighted by Gasteiger charge is 2.00. The molecule has 0 aromatic heterocycles. The van der Waals surface area contributed by atoms with E-state index in [9.17, 15) is 0 Å². The highest BCUT2D eigenvalue weighted by atomic mass is 35.5. The van der Waals surface area contributed by atoms with Crippen LogP contribution in [0.4, 0.5) is 0 Å². The van der Waals surface area contributed by atoms with Crippen LogP contribution in [0.3, 0.4) is 0 Å². The van der Waals surface area contributed by atoms with Crippen LogP contribution in [0, 0.1) is 6.92 Å². The van der Waals surface area contributed by atoms with E-state index in [1.807, 2.05) is 55.5 Å². The number of carboxylic acid groups (broad SMARTS) is 1. The Hall–Kier alpha value is -2.00. The SMILES string of the molecule is Cc1ccc(Oc2ccccc2Cl)cc1.O=CO. The van der Waals surface area contributed by atoms with E-state index < -0.39 is 0 Å². The van der Waals surface area contributed by atoms with Crippen LogP contribution >= 0.6 is 11.6 Å². The lowest BCUT2D eigenvalue weighted by atomic mass is 10.2. The van der Waals surface area contributed by atoms with Gasteiger partial charge >= 0.3 is 0 Å². The summed E-state index contributed by atoms with van der Waals surface area (Å²) < 4.78 is 5.63.